The molecule has 5 amide bonds. The van der Waals surface area contributed by atoms with Crippen LogP contribution in [0.3, 0.4) is 0 Å². The first kappa shape index (κ1) is 49.4. The van der Waals surface area contributed by atoms with Crippen molar-refractivity contribution >= 4 is 69.1 Å². The van der Waals surface area contributed by atoms with Gasteiger partial charge in [-0.15, -0.1) is 11.3 Å². The number of benzene rings is 2. The Hall–Kier alpha value is -5.53. The number of imide groups is 1. The van der Waals surface area contributed by atoms with Crippen molar-refractivity contribution in [3.63, 3.8) is 0 Å². The van der Waals surface area contributed by atoms with Gasteiger partial charge in [-0.3, -0.25) is 29.3 Å². The van der Waals surface area contributed by atoms with Crippen LogP contribution in [-0.2, 0) is 46.4 Å². The van der Waals surface area contributed by atoms with Gasteiger partial charge in [0.05, 0.1) is 49.6 Å². The van der Waals surface area contributed by atoms with Crippen LogP contribution in [-0.4, -0.2) is 103 Å². The molecular formula is C48H57ClFN7O9S. The number of fused-ring (bicyclic) bond motifs is 1. The molecule has 1 unspecified atom stereocenters. The molecule has 67 heavy (non-hydrogen) atoms. The summed E-state index contributed by atoms with van der Waals surface area (Å²) >= 11 is 7.45. The van der Waals surface area contributed by atoms with Gasteiger partial charge in [-0.25, -0.2) is 14.4 Å². The number of hydrogen-bond donors (Lipinski definition) is 4. The van der Waals surface area contributed by atoms with E-state index >= 15 is 0 Å². The predicted octanol–water partition coefficient (Wildman–Crippen LogP) is 7.14. The molecule has 4 heterocycles. The predicted molar refractivity (Wildman–Crippen MR) is 250 cm³/mol. The Morgan fingerprint density at radius 3 is 2.42 bits per heavy atom. The fourth-order valence-corrected chi connectivity index (χ4v) is 9.32. The number of nitrogens with zero attached hydrogens (tertiary/aromatic N) is 3. The molecule has 2 fully saturated rings. The van der Waals surface area contributed by atoms with Gasteiger partial charge in [0.25, 0.3) is 5.91 Å². The highest BCUT2D eigenvalue weighted by atomic mass is 35.5. The van der Waals surface area contributed by atoms with Crippen molar-refractivity contribution in [1.29, 1.82) is 0 Å². The number of piperidine rings is 1. The number of unbranched alkanes of at least 4 members (excludes halogenated alkanes) is 3. The number of rotatable bonds is 25. The van der Waals surface area contributed by atoms with Crippen LogP contribution in [0.2, 0.25) is 5.02 Å². The van der Waals surface area contributed by atoms with E-state index in [4.69, 9.17) is 35.5 Å². The summed E-state index contributed by atoms with van der Waals surface area (Å²) in [5, 5.41) is 14.2. The minimum absolute atomic E-state index is 0.000468. The molecule has 2 aromatic heterocycles. The van der Waals surface area contributed by atoms with Gasteiger partial charge < -0.3 is 39.8 Å². The summed E-state index contributed by atoms with van der Waals surface area (Å²) in [6, 6.07) is 14.8. The van der Waals surface area contributed by atoms with Crippen molar-refractivity contribution in [2.45, 2.75) is 95.7 Å². The third-order valence-corrected chi connectivity index (χ3v) is 13.1. The molecule has 1 saturated carbocycles. The van der Waals surface area contributed by atoms with Crippen molar-refractivity contribution in [3.8, 4) is 5.75 Å². The minimum Gasteiger partial charge on any atom is -0.487 e. The molecule has 0 bridgehead atoms. The van der Waals surface area contributed by atoms with Gasteiger partial charge in [0.1, 0.15) is 11.9 Å². The Labute approximate surface area is 398 Å². The van der Waals surface area contributed by atoms with Gasteiger partial charge >= 0.3 is 0 Å². The molecule has 3 aliphatic rings. The fraction of sp³-hybridized carbons (Fsp3) is 0.479. The van der Waals surface area contributed by atoms with Crippen molar-refractivity contribution in [1.82, 2.24) is 25.5 Å². The van der Waals surface area contributed by atoms with Gasteiger partial charge in [-0.05, 0) is 81.3 Å². The van der Waals surface area contributed by atoms with E-state index in [1.165, 1.54) is 22.3 Å². The first-order chi connectivity index (χ1) is 32.6. The number of halogens is 2. The quantitative estimate of drug-likeness (QED) is 0.0387. The number of nitrogens with one attached hydrogen (secondary N) is 4. The van der Waals surface area contributed by atoms with Crippen molar-refractivity contribution in [3.05, 3.63) is 93.8 Å². The maximum atomic E-state index is 14.6. The summed E-state index contributed by atoms with van der Waals surface area (Å²) in [4.78, 5) is 74.3. The van der Waals surface area contributed by atoms with Gasteiger partial charge in [-0.2, -0.15) is 0 Å². The SMILES string of the molecule is O=C1CCC(N2Cc3c(NC(=O)CCCCCCOCCOCCOCCNC(=O)C4(Cc5cccc(Nc6nccs6)n5)CCC(Oc5cccc(Cl)c5F)CC4)cccc3C2=O)C(=O)N1. The molecule has 16 nitrogen and oxygen atoms in total. The van der Waals surface area contributed by atoms with E-state index in [1.807, 2.05) is 23.6 Å². The largest absolute Gasteiger partial charge is 0.487 e. The normalized spacial score (nSPS) is 19.2. The van der Waals surface area contributed by atoms with Crippen molar-refractivity contribution < 1.29 is 47.3 Å². The average Bonchev–Trinajstić information content (AvgIpc) is 3.96. The molecule has 0 radical (unpaired) electrons. The number of ether oxygens (including phenoxy) is 4. The number of anilines is 3. The van der Waals surface area contributed by atoms with E-state index in [2.05, 4.69) is 26.3 Å². The van der Waals surface area contributed by atoms with E-state index in [-0.39, 0.29) is 59.9 Å². The molecule has 1 atom stereocenters. The molecule has 0 spiro atoms. The Bertz CT molecular complexity index is 2330. The van der Waals surface area contributed by atoms with E-state index in [1.54, 1.807) is 36.5 Å². The van der Waals surface area contributed by atoms with Crippen LogP contribution < -0.4 is 26.0 Å². The third kappa shape index (κ3) is 13.8. The van der Waals surface area contributed by atoms with Crippen LogP contribution in [0.15, 0.2) is 66.2 Å². The number of carbonyl (C=O) groups excluding carboxylic acids is 5. The number of aromatic nitrogens is 2. The number of carbonyl (C=O) groups is 5. The van der Waals surface area contributed by atoms with Crippen LogP contribution in [0.1, 0.15) is 92.2 Å². The maximum absolute atomic E-state index is 14.6. The smallest absolute Gasteiger partial charge is 0.255 e. The maximum Gasteiger partial charge on any atom is 0.255 e. The van der Waals surface area contributed by atoms with Gasteiger partial charge in [0, 0.05) is 73.0 Å². The standard InChI is InChI=1S/C48H57ClFN7O9S/c49-36-10-7-12-39(43(36)50)66-33-17-19-48(20-18-33,30-32-8-5-13-40(53-32)55-47-52-22-29-67-47)46(62)51-21-24-64-26-28-65-27-25-63-23-4-2-1-3-14-41(58)54-37-11-6-9-34-35(37)31-57(45(34)61)38-15-16-42(59)56-44(38)60/h5-13,22,29,33,38H,1-4,14-21,23-28,30-31H2,(H,51,62)(H,54,58)(H,52,53,55)(H,56,59,60). The minimum atomic E-state index is -0.749. The van der Waals surface area contributed by atoms with Crippen LogP contribution in [0, 0.1) is 11.2 Å². The third-order valence-electron chi connectivity index (χ3n) is 12.1. The lowest BCUT2D eigenvalue weighted by Gasteiger charge is -2.39. The lowest BCUT2D eigenvalue weighted by atomic mass is 9.69. The second-order valence-corrected chi connectivity index (χ2v) is 18.1. The second kappa shape index (κ2) is 24.5. The fourth-order valence-electron chi connectivity index (χ4n) is 8.61. The topological polar surface area (TPSA) is 199 Å². The number of pyridine rings is 1. The van der Waals surface area contributed by atoms with Crippen LogP contribution in [0.5, 0.6) is 5.75 Å². The molecule has 19 heteroatoms. The Kier molecular flexibility index (Phi) is 18.0. The Morgan fingerprint density at radius 2 is 1.64 bits per heavy atom. The highest BCUT2D eigenvalue weighted by Crippen LogP contribution is 2.41. The van der Waals surface area contributed by atoms with Gasteiger partial charge in [-0.1, -0.05) is 42.6 Å². The molecule has 4 aromatic rings. The van der Waals surface area contributed by atoms with Crippen LogP contribution >= 0.6 is 22.9 Å². The lowest BCUT2D eigenvalue weighted by molar-refractivity contribution is -0.137. The van der Waals surface area contributed by atoms with E-state index in [0.29, 0.717) is 114 Å². The molecule has 4 N–H and O–H groups in total. The summed E-state index contributed by atoms with van der Waals surface area (Å²) in [6.07, 6.45) is 8.14. The summed E-state index contributed by atoms with van der Waals surface area (Å²) in [5.41, 5.74) is 1.71. The van der Waals surface area contributed by atoms with E-state index in [9.17, 15) is 28.4 Å². The molecule has 1 aliphatic carbocycles. The Balaban J connectivity index is 0.732. The average molecular weight is 963 g/mol. The van der Waals surface area contributed by atoms with E-state index in [0.717, 1.165) is 30.1 Å². The van der Waals surface area contributed by atoms with Crippen LogP contribution in [0.4, 0.5) is 21.0 Å². The zero-order valence-electron chi connectivity index (χ0n) is 37.3. The van der Waals surface area contributed by atoms with Crippen LogP contribution in [0.25, 0.3) is 0 Å². The molecule has 2 aliphatic heterocycles. The Morgan fingerprint density at radius 1 is 0.896 bits per heavy atom. The molecule has 7 rings (SSSR count). The van der Waals surface area contributed by atoms with E-state index < -0.39 is 23.2 Å². The highest BCUT2D eigenvalue weighted by molar-refractivity contribution is 7.13. The van der Waals surface area contributed by atoms with Gasteiger partial charge in [0.15, 0.2) is 16.7 Å². The summed E-state index contributed by atoms with van der Waals surface area (Å²) in [6.45, 7) is 3.04. The zero-order chi connectivity index (χ0) is 47.0. The molecule has 2 aromatic carbocycles. The summed E-state index contributed by atoms with van der Waals surface area (Å²) in [5.74, 6) is -1.16. The monoisotopic (exact) mass is 961 g/mol. The first-order valence-electron chi connectivity index (χ1n) is 22.9. The second-order valence-electron chi connectivity index (χ2n) is 16.8. The number of thiazole rings is 1. The zero-order valence-corrected chi connectivity index (χ0v) is 38.9. The van der Waals surface area contributed by atoms with Crippen molar-refractivity contribution in [2.24, 2.45) is 5.41 Å². The molecule has 358 valence electrons. The lowest BCUT2D eigenvalue weighted by Crippen LogP contribution is -2.52. The highest BCUT2D eigenvalue weighted by Gasteiger charge is 2.43. The first-order valence-corrected chi connectivity index (χ1v) is 24.2. The van der Waals surface area contributed by atoms with Crippen molar-refractivity contribution in [2.75, 3.05) is 56.8 Å². The number of hydrogen-bond acceptors (Lipinski definition) is 13. The summed E-state index contributed by atoms with van der Waals surface area (Å²) in [7, 11) is 0. The molecule has 1 saturated heterocycles. The number of amides is 5. The van der Waals surface area contributed by atoms with Gasteiger partial charge in [0.2, 0.25) is 23.6 Å². The summed E-state index contributed by atoms with van der Waals surface area (Å²) < 4.78 is 37.7. The molecular weight excluding hydrogens is 905 g/mol.